The van der Waals surface area contributed by atoms with E-state index < -0.39 is 0 Å². The number of anilines is 3. The molecule has 0 spiro atoms. The molecule has 0 unspecified atom stereocenters. The zero-order chi connectivity index (χ0) is 13.9. The van der Waals surface area contributed by atoms with Crippen LogP contribution in [0.4, 0.5) is 17.3 Å². The first-order valence-electron chi connectivity index (χ1n) is 6.22. The first-order chi connectivity index (χ1) is 9.80. The molecule has 0 saturated carbocycles. The number of hydrogen-bond donors (Lipinski definition) is 2. The van der Waals surface area contributed by atoms with Gasteiger partial charge in [0.15, 0.2) is 11.5 Å². The molecule has 0 aliphatic carbocycles. The highest BCUT2D eigenvalue weighted by Crippen LogP contribution is 2.24. The van der Waals surface area contributed by atoms with Crippen molar-refractivity contribution in [3.63, 3.8) is 0 Å². The molecule has 0 saturated heterocycles. The van der Waals surface area contributed by atoms with Gasteiger partial charge in [-0.25, -0.2) is 9.97 Å². The van der Waals surface area contributed by atoms with Crippen molar-refractivity contribution in [2.45, 2.75) is 4.90 Å². The van der Waals surface area contributed by atoms with Crippen LogP contribution in [0.15, 0.2) is 47.8 Å². The van der Waals surface area contributed by atoms with Crippen LogP contribution >= 0.6 is 11.8 Å². The molecule has 1 aromatic carbocycles. The molecule has 2 N–H and O–H groups in total. The lowest BCUT2D eigenvalue weighted by molar-refractivity contribution is 1.12. The van der Waals surface area contributed by atoms with Gasteiger partial charge in [-0.1, -0.05) is 6.07 Å². The molecule has 0 bridgehead atoms. The maximum Gasteiger partial charge on any atom is 0.180 e. The average Bonchev–Trinajstić information content (AvgIpc) is 2.96. The van der Waals surface area contributed by atoms with Crippen LogP contribution in [0.25, 0.3) is 5.65 Å². The largest absolute Gasteiger partial charge is 0.372 e. The molecule has 2 heterocycles. The van der Waals surface area contributed by atoms with Crippen LogP contribution < -0.4 is 10.6 Å². The summed E-state index contributed by atoms with van der Waals surface area (Å²) in [7, 11) is 1.85. The van der Waals surface area contributed by atoms with Crippen molar-refractivity contribution < 1.29 is 0 Å². The summed E-state index contributed by atoms with van der Waals surface area (Å²) in [5.41, 5.74) is 1.81. The average molecular weight is 285 g/mol. The summed E-state index contributed by atoms with van der Waals surface area (Å²) >= 11 is 1.71. The summed E-state index contributed by atoms with van der Waals surface area (Å²) in [6.07, 6.45) is 7.64. The van der Waals surface area contributed by atoms with Crippen LogP contribution in [0.5, 0.6) is 0 Å². The number of fused-ring (bicyclic) bond motifs is 1. The van der Waals surface area contributed by atoms with Crippen LogP contribution in [0, 0.1) is 0 Å². The quantitative estimate of drug-likeness (QED) is 0.721. The maximum atomic E-state index is 4.53. The number of thioether (sulfide) groups is 1. The Morgan fingerprint density at radius 2 is 2.20 bits per heavy atom. The van der Waals surface area contributed by atoms with Gasteiger partial charge in [-0.05, 0) is 24.5 Å². The zero-order valence-electron chi connectivity index (χ0n) is 11.3. The predicted octanol–water partition coefficient (Wildman–Crippen LogP) is 3.24. The fourth-order valence-electron chi connectivity index (χ4n) is 1.97. The van der Waals surface area contributed by atoms with Crippen molar-refractivity contribution in [3.8, 4) is 0 Å². The van der Waals surface area contributed by atoms with Crippen LogP contribution in [0.3, 0.4) is 0 Å². The highest BCUT2D eigenvalue weighted by Gasteiger charge is 2.07. The van der Waals surface area contributed by atoms with Gasteiger partial charge in [0, 0.05) is 30.0 Å². The van der Waals surface area contributed by atoms with Crippen molar-refractivity contribution in [1.82, 2.24) is 14.4 Å². The van der Waals surface area contributed by atoms with Gasteiger partial charge in [-0.15, -0.1) is 11.8 Å². The number of rotatable bonds is 4. The van der Waals surface area contributed by atoms with Gasteiger partial charge in [-0.2, -0.15) is 0 Å². The second-order valence-corrected chi connectivity index (χ2v) is 5.12. The van der Waals surface area contributed by atoms with Gasteiger partial charge in [-0.3, -0.25) is 0 Å². The predicted molar refractivity (Wildman–Crippen MR) is 84.0 cm³/mol. The molecule has 5 nitrogen and oxygen atoms in total. The number of nitrogens with one attached hydrogen (secondary N) is 2. The number of nitrogens with zero attached hydrogens (tertiary/aromatic N) is 3. The fraction of sp³-hybridized carbons (Fsp3) is 0.143. The van der Waals surface area contributed by atoms with Crippen LogP contribution in [-0.4, -0.2) is 27.7 Å². The Morgan fingerprint density at radius 1 is 1.30 bits per heavy atom. The van der Waals surface area contributed by atoms with Gasteiger partial charge in [0.2, 0.25) is 0 Å². The molecular formula is C14H15N5S. The van der Waals surface area contributed by atoms with Crippen LogP contribution in [-0.2, 0) is 0 Å². The molecule has 0 radical (unpaired) electrons. The van der Waals surface area contributed by atoms with Gasteiger partial charge >= 0.3 is 0 Å². The molecule has 0 aliphatic rings. The van der Waals surface area contributed by atoms with Gasteiger partial charge in [0.1, 0.15) is 5.82 Å². The molecule has 0 atom stereocenters. The standard InChI is InChI=1S/C14H15N5S/c1-15-12-9-19-7-6-16-14(19)13(18-12)17-10-4-3-5-11(8-10)20-2/h3-9,15H,1-2H3,(H,17,18). The van der Waals surface area contributed by atoms with E-state index in [4.69, 9.17) is 0 Å². The minimum atomic E-state index is 0.736. The molecule has 3 rings (SSSR count). The van der Waals surface area contributed by atoms with E-state index >= 15 is 0 Å². The Morgan fingerprint density at radius 3 is 3.00 bits per heavy atom. The number of benzene rings is 1. The molecule has 0 amide bonds. The van der Waals surface area contributed by atoms with E-state index in [1.54, 1.807) is 18.0 Å². The monoisotopic (exact) mass is 285 g/mol. The summed E-state index contributed by atoms with van der Waals surface area (Å²) in [5.74, 6) is 1.53. The van der Waals surface area contributed by atoms with E-state index in [0.717, 1.165) is 23.0 Å². The summed E-state index contributed by atoms with van der Waals surface area (Å²) in [4.78, 5) is 10.1. The molecule has 2 aromatic heterocycles. The molecule has 20 heavy (non-hydrogen) atoms. The van der Waals surface area contributed by atoms with E-state index in [9.17, 15) is 0 Å². The van der Waals surface area contributed by atoms with Crippen molar-refractivity contribution in [2.24, 2.45) is 0 Å². The summed E-state index contributed by atoms with van der Waals surface area (Å²) in [6, 6.07) is 8.22. The molecule has 6 heteroatoms. The summed E-state index contributed by atoms with van der Waals surface area (Å²) in [6.45, 7) is 0. The second-order valence-electron chi connectivity index (χ2n) is 4.24. The number of aromatic nitrogens is 3. The van der Waals surface area contributed by atoms with Crippen molar-refractivity contribution in [3.05, 3.63) is 42.9 Å². The van der Waals surface area contributed by atoms with E-state index in [1.807, 2.05) is 36.0 Å². The minimum absolute atomic E-state index is 0.736. The van der Waals surface area contributed by atoms with E-state index in [1.165, 1.54) is 4.90 Å². The summed E-state index contributed by atoms with van der Waals surface area (Å²) < 4.78 is 1.94. The zero-order valence-corrected chi connectivity index (χ0v) is 12.1. The number of imidazole rings is 1. The third kappa shape index (κ3) is 2.42. The Bertz CT molecular complexity index is 737. The Balaban J connectivity index is 2.02. The molecule has 0 fully saturated rings. The van der Waals surface area contributed by atoms with E-state index in [0.29, 0.717) is 0 Å². The van der Waals surface area contributed by atoms with Gasteiger partial charge < -0.3 is 15.0 Å². The Labute approximate surface area is 121 Å². The van der Waals surface area contributed by atoms with E-state index in [-0.39, 0.29) is 0 Å². The lowest BCUT2D eigenvalue weighted by Crippen LogP contribution is -2.02. The Kier molecular flexibility index (Phi) is 3.47. The third-order valence-corrected chi connectivity index (χ3v) is 3.69. The van der Waals surface area contributed by atoms with Crippen LogP contribution in [0.1, 0.15) is 0 Å². The van der Waals surface area contributed by atoms with Gasteiger partial charge in [0.05, 0.1) is 6.20 Å². The number of hydrogen-bond acceptors (Lipinski definition) is 5. The summed E-state index contributed by atoms with van der Waals surface area (Å²) in [5, 5.41) is 6.39. The Hall–Kier alpha value is -2.21. The minimum Gasteiger partial charge on any atom is -0.372 e. The van der Waals surface area contributed by atoms with Crippen molar-refractivity contribution in [1.29, 1.82) is 0 Å². The lowest BCUT2D eigenvalue weighted by atomic mass is 10.3. The van der Waals surface area contributed by atoms with Crippen molar-refractivity contribution in [2.75, 3.05) is 23.9 Å². The van der Waals surface area contributed by atoms with Gasteiger partial charge in [0.25, 0.3) is 0 Å². The maximum absolute atomic E-state index is 4.53. The molecule has 0 aliphatic heterocycles. The molecule has 3 aromatic rings. The van der Waals surface area contributed by atoms with Crippen LogP contribution in [0.2, 0.25) is 0 Å². The first-order valence-corrected chi connectivity index (χ1v) is 7.45. The smallest absolute Gasteiger partial charge is 0.180 e. The first kappa shape index (κ1) is 12.8. The highest BCUT2D eigenvalue weighted by molar-refractivity contribution is 7.98. The lowest BCUT2D eigenvalue weighted by Gasteiger charge is -2.10. The highest BCUT2D eigenvalue weighted by atomic mass is 32.2. The van der Waals surface area contributed by atoms with E-state index in [2.05, 4.69) is 39.0 Å². The molecular weight excluding hydrogens is 270 g/mol. The normalized spacial score (nSPS) is 10.7. The van der Waals surface area contributed by atoms with Crippen molar-refractivity contribution >= 4 is 34.7 Å². The SMILES string of the molecule is CNc1cn2ccnc2c(Nc2cccc(SC)c2)n1. The second kappa shape index (κ2) is 5.42. The third-order valence-electron chi connectivity index (χ3n) is 2.96. The fourth-order valence-corrected chi connectivity index (χ4v) is 2.43. The molecule has 102 valence electrons. The topological polar surface area (TPSA) is 54.2 Å².